The van der Waals surface area contributed by atoms with Gasteiger partial charge in [-0.15, -0.1) is 0 Å². The fraction of sp³-hybridized carbons (Fsp3) is 0.800. The molecule has 0 unspecified atom stereocenters. The Bertz CT molecular complexity index is 487. The van der Waals surface area contributed by atoms with Crippen LogP contribution < -0.4 is 0 Å². The van der Waals surface area contributed by atoms with Gasteiger partial charge in [0, 0.05) is 21.1 Å². The van der Waals surface area contributed by atoms with Crippen molar-refractivity contribution in [3.63, 3.8) is 0 Å². The van der Waals surface area contributed by atoms with Crippen LogP contribution in [0.5, 0.6) is 0 Å². The van der Waals surface area contributed by atoms with E-state index in [1.165, 1.54) is 16.7 Å². The van der Waals surface area contributed by atoms with Crippen molar-refractivity contribution in [2.24, 2.45) is 4.99 Å². The summed E-state index contributed by atoms with van der Waals surface area (Å²) in [6, 6.07) is -0.205. The monoisotopic (exact) mass is 291 g/mol. The highest BCUT2D eigenvalue weighted by Gasteiger charge is 2.45. The van der Waals surface area contributed by atoms with Gasteiger partial charge in [-0.2, -0.15) is 0 Å². The molecule has 102 valence electrons. The average Bonchev–Trinajstić information content (AvgIpc) is 2.70. The molecule has 2 rings (SSSR count). The first-order chi connectivity index (χ1) is 8.30. The van der Waals surface area contributed by atoms with Crippen molar-refractivity contribution in [2.45, 2.75) is 12.1 Å². The van der Waals surface area contributed by atoms with Crippen LogP contribution in [0, 0.1) is 0 Å². The molecule has 8 heteroatoms. The van der Waals surface area contributed by atoms with Crippen molar-refractivity contribution >= 4 is 32.7 Å². The van der Waals surface area contributed by atoms with Crippen LogP contribution in [-0.4, -0.2) is 79.8 Å². The van der Waals surface area contributed by atoms with Gasteiger partial charge in [-0.1, -0.05) is 11.8 Å². The molecule has 0 bridgehead atoms. The third kappa shape index (κ3) is 2.64. The smallest absolute Gasteiger partial charge is 0.232 e. The molecule has 1 amide bonds. The number of rotatable bonds is 2. The summed E-state index contributed by atoms with van der Waals surface area (Å²) < 4.78 is 23.0. The largest absolute Gasteiger partial charge is 0.348 e. The average molecular weight is 291 g/mol. The normalized spacial score (nSPS) is 29.1. The van der Waals surface area contributed by atoms with Gasteiger partial charge in [-0.3, -0.25) is 9.79 Å². The van der Waals surface area contributed by atoms with Crippen LogP contribution in [0.4, 0.5) is 0 Å². The molecule has 0 N–H and O–H groups in total. The van der Waals surface area contributed by atoms with E-state index in [9.17, 15) is 13.2 Å². The number of amidine groups is 1. The number of fused-ring (bicyclic) bond motifs is 1. The molecule has 0 aromatic carbocycles. The first-order valence-electron chi connectivity index (χ1n) is 5.64. The molecule has 0 aromatic heterocycles. The van der Waals surface area contributed by atoms with Gasteiger partial charge in [-0.25, -0.2) is 8.42 Å². The maximum absolute atomic E-state index is 11.5. The lowest BCUT2D eigenvalue weighted by Gasteiger charge is -2.20. The second-order valence-electron chi connectivity index (χ2n) is 4.81. The van der Waals surface area contributed by atoms with E-state index in [2.05, 4.69) is 4.99 Å². The molecule has 0 saturated carbocycles. The second kappa shape index (κ2) is 4.73. The predicted molar refractivity (Wildman–Crippen MR) is 72.6 cm³/mol. The maximum Gasteiger partial charge on any atom is 0.232 e. The zero-order valence-corrected chi connectivity index (χ0v) is 12.3. The summed E-state index contributed by atoms with van der Waals surface area (Å²) in [5.74, 6) is 0.667. The number of aliphatic imine (C=N–C) groups is 1. The lowest BCUT2D eigenvalue weighted by molar-refractivity contribution is -0.125. The standard InChI is InChI=1S/C10H17N3O3S2/c1-12(2)9(14)4-17-10-11-7-5-18(15,16)6-8(7)13(10)3/h7-8H,4-6H2,1-3H3/t7-,8+/m0/s1. The Kier molecular flexibility index (Phi) is 3.59. The van der Waals surface area contributed by atoms with E-state index >= 15 is 0 Å². The summed E-state index contributed by atoms with van der Waals surface area (Å²) >= 11 is 1.38. The van der Waals surface area contributed by atoms with E-state index in [4.69, 9.17) is 0 Å². The van der Waals surface area contributed by atoms with Gasteiger partial charge in [-0.05, 0) is 0 Å². The molecular formula is C10H17N3O3S2. The number of likely N-dealkylation sites (N-methyl/N-ethyl adjacent to an activating group) is 1. The molecule has 2 aliphatic heterocycles. The predicted octanol–water partition coefficient (Wildman–Crippen LogP) is -0.725. The molecule has 0 aliphatic carbocycles. The molecule has 6 nitrogen and oxygen atoms in total. The summed E-state index contributed by atoms with van der Waals surface area (Å²) in [4.78, 5) is 19.3. The molecule has 1 saturated heterocycles. The molecule has 2 heterocycles. The van der Waals surface area contributed by atoms with Gasteiger partial charge in [0.1, 0.15) is 0 Å². The molecule has 18 heavy (non-hydrogen) atoms. The Labute approximate surface area is 111 Å². The first-order valence-corrected chi connectivity index (χ1v) is 8.45. The first kappa shape index (κ1) is 13.7. The fourth-order valence-corrected chi connectivity index (χ4v) is 5.05. The van der Waals surface area contributed by atoms with Gasteiger partial charge in [0.2, 0.25) is 5.91 Å². The van der Waals surface area contributed by atoms with Gasteiger partial charge >= 0.3 is 0 Å². The highest BCUT2D eigenvalue weighted by molar-refractivity contribution is 8.14. The third-order valence-electron chi connectivity index (χ3n) is 3.19. The maximum atomic E-state index is 11.5. The minimum atomic E-state index is -2.94. The molecule has 2 atom stereocenters. The number of carbonyl (C=O) groups excluding carboxylic acids is 1. The number of carbonyl (C=O) groups is 1. The zero-order valence-electron chi connectivity index (χ0n) is 10.7. The number of sulfone groups is 1. The van der Waals surface area contributed by atoms with Crippen molar-refractivity contribution in [1.82, 2.24) is 9.80 Å². The Morgan fingerprint density at radius 3 is 2.72 bits per heavy atom. The molecule has 1 fully saturated rings. The van der Waals surface area contributed by atoms with Crippen LogP contribution in [-0.2, 0) is 14.6 Å². The van der Waals surface area contributed by atoms with E-state index in [1.54, 1.807) is 14.1 Å². The summed E-state index contributed by atoms with van der Waals surface area (Å²) in [6.07, 6.45) is 0. The van der Waals surface area contributed by atoms with E-state index in [1.807, 2.05) is 11.9 Å². The summed E-state index contributed by atoms with van der Waals surface area (Å²) in [5, 5.41) is 0.773. The van der Waals surface area contributed by atoms with Crippen LogP contribution in [0.3, 0.4) is 0 Å². The third-order valence-corrected chi connectivity index (χ3v) is 5.93. The van der Waals surface area contributed by atoms with Crippen LogP contribution in [0.15, 0.2) is 4.99 Å². The Morgan fingerprint density at radius 1 is 1.50 bits per heavy atom. The number of nitrogens with zero attached hydrogens (tertiary/aromatic N) is 3. The quantitative estimate of drug-likeness (QED) is 0.671. The molecule has 0 spiro atoms. The van der Waals surface area contributed by atoms with Crippen molar-refractivity contribution < 1.29 is 13.2 Å². The second-order valence-corrected chi connectivity index (χ2v) is 7.91. The van der Waals surface area contributed by atoms with Crippen molar-refractivity contribution in [1.29, 1.82) is 0 Å². The Balaban J connectivity index is 1.99. The molecule has 2 aliphatic rings. The minimum Gasteiger partial charge on any atom is -0.348 e. The highest BCUT2D eigenvalue weighted by atomic mass is 32.2. The van der Waals surface area contributed by atoms with Crippen LogP contribution in [0.2, 0.25) is 0 Å². The lowest BCUT2D eigenvalue weighted by atomic mass is 10.2. The van der Waals surface area contributed by atoms with Gasteiger partial charge < -0.3 is 9.80 Å². The highest BCUT2D eigenvalue weighted by Crippen LogP contribution is 2.29. The number of hydrogen-bond donors (Lipinski definition) is 0. The van der Waals surface area contributed by atoms with Gasteiger partial charge in [0.15, 0.2) is 15.0 Å². The molecule has 0 aromatic rings. The zero-order chi connectivity index (χ0) is 13.5. The van der Waals surface area contributed by atoms with E-state index in [0.717, 1.165) is 5.17 Å². The number of thioether (sulfide) groups is 1. The number of amides is 1. The van der Waals surface area contributed by atoms with Crippen LogP contribution in [0.1, 0.15) is 0 Å². The van der Waals surface area contributed by atoms with Gasteiger partial charge in [0.05, 0.1) is 29.3 Å². The Hall–Kier alpha value is -0.760. The van der Waals surface area contributed by atoms with Crippen molar-refractivity contribution in [3.8, 4) is 0 Å². The van der Waals surface area contributed by atoms with Crippen molar-refractivity contribution in [2.75, 3.05) is 38.4 Å². The van der Waals surface area contributed by atoms with Crippen molar-refractivity contribution in [3.05, 3.63) is 0 Å². The fourth-order valence-electron chi connectivity index (χ4n) is 2.07. The van der Waals surface area contributed by atoms with Crippen LogP contribution >= 0.6 is 11.8 Å². The molecular weight excluding hydrogens is 274 g/mol. The van der Waals surface area contributed by atoms with Crippen LogP contribution in [0.25, 0.3) is 0 Å². The summed E-state index contributed by atoms with van der Waals surface area (Å²) in [5.41, 5.74) is 0. The lowest BCUT2D eigenvalue weighted by Crippen LogP contribution is -2.36. The van der Waals surface area contributed by atoms with E-state index in [-0.39, 0.29) is 29.5 Å². The van der Waals surface area contributed by atoms with E-state index in [0.29, 0.717) is 5.75 Å². The summed E-state index contributed by atoms with van der Waals surface area (Å²) in [7, 11) is 2.33. The topological polar surface area (TPSA) is 70.0 Å². The Morgan fingerprint density at radius 2 is 2.17 bits per heavy atom. The number of hydrogen-bond acceptors (Lipinski definition) is 6. The molecule has 0 radical (unpaired) electrons. The SMILES string of the molecule is CN(C)C(=O)CSC1=N[C@H]2CS(=O)(=O)C[C@H]2N1C. The minimum absolute atomic E-state index is 0.0285. The summed E-state index contributed by atoms with van der Waals surface area (Å²) in [6.45, 7) is 0. The van der Waals surface area contributed by atoms with E-state index < -0.39 is 9.84 Å². The van der Waals surface area contributed by atoms with Gasteiger partial charge in [0.25, 0.3) is 0 Å².